The molecule has 1 N–H and O–H groups in total. The Morgan fingerprint density at radius 3 is 2.78 bits per heavy atom. The van der Waals surface area contributed by atoms with E-state index in [2.05, 4.69) is 10.3 Å². The lowest BCUT2D eigenvalue weighted by Crippen LogP contribution is -2.21. The molecule has 3 nitrogen and oxygen atoms in total. The molecule has 2 rings (SSSR count). The summed E-state index contributed by atoms with van der Waals surface area (Å²) in [5.41, 5.74) is 2.15. The van der Waals surface area contributed by atoms with Crippen LogP contribution in [0, 0.1) is 0 Å². The first-order chi connectivity index (χ1) is 8.63. The van der Waals surface area contributed by atoms with Gasteiger partial charge in [0.15, 0.2) is 0 Å². The predicted molar refractivity (Wildman–Crippen MR) is 75.2 cm³/mol. The Labute approximate surface area is 117 Å². The lowest BCUT2D eigenvalue weighted by molar-refractivity contribution is 0.555. The number of hydrogen-bond donors (Lipinski definition) is 1. The molecule has 0 aliphatic carbocycles. The Balaban J connectivity index is 2.26. The van der Waals surface area contributed by atoms with Crippen molar-refractivity contribution in [2.75, 3.05) is 7.05 Å². The summed E-state index contributed by atoms with van der Waals surface area (Å²) in [6, 6.07) is 5.87. The Morgan fingerprint density at radius 2 is 2.17 bits per heavy atom. The van der Waals surface area contributed by atoms with Gasteiger partial charge in [-0.2, -0.15) is 0 Å². The van der Waals surface area contributed by atoms with E-state index in [9.17, 15) is 0 Å². The smallest absolute Gasteiger partial charge is 0.0946 e. The first-order valence-electron chi connectivity index (χ1n) is 5.70. The normalized spacial score (nSPS) is 12.7. The van der Waals surface area contributed by atoms with Gasteiger partial charge in [0.2, 0.25) is 0 Å². The summed E-state index contributed by atoms with van der Waals surface area (Å²) in [7, 11) is 3.91. The molecule has 0 aliphatic rings. The van der Waals surface area contributed by atoms with Crippen molar-refractivity contribution in [2.45, 2.75) is 12.5 Å². The Bertz CT molecular complexity index is 537. The fourth-order valence-electron chi connectivity index (χ4n) is 1.98. The third-order valence-electron chi connectivity index (χ3n) is 3.02. The molecular weight excluding hydrogens is 269 g/mol. The van der Waals surface area contributed by atoms with Crippen molar-refractivity contribution in [1.29, 1.82) is 0 Å². The number of aryl methyl sites for hydroxylation is 1. The fourth-order valence-corrected chi connectivity index (χ4v) is 2.38. The van der Waals surface area contributed by atoms with Crippen molar-refractivity contribution < 1.29 is 0 Å². The van der Waals surface area contributed by atoms with Crippen LogP contribution in [0.5, 0.6) is 0 Å². The third-order valence-corrected chi connectivity index (χ3v) is 3.87. The Kier molecular flexibility index (Phi) is 4.27. The lowest BCUT2D eigenvalue weighted by Gasteiger charge is -2.17. The van der Waals surface area contributed by atoms with Crippen LogP contribution < -0.4 is 5.32 Å². The summed E-state index contributed by atoms with van der Waals surface area (Å²) in [5.74, 6) is 0. The maximum absolute atomic E-state index is 6.21. The van der Waals surface area contributed by atoms with Crippen LogP contribution in [-0.4, -0.2) is 16.6 Å². The van der Waals surface area contributed by atoms with E-state index >= 15 is 0 Å². The fraction of sp³-hybridized carbons (Fsp3) is 0.308. The SMILES string of the molecule is CNC(Cc1cccc(Cl)c1Cl)c1cncn1C. The molecule has 1 aromatic heterocycles. The van der Waals surface area contributed by atoms with Gasteiger partial charge in [0, 0.05) is 13.2 Å². The number of nitrogens with zero attached hydrogens (tertiary/aromatic N) is 2. The number of benzene rings is 1. The average Bonchev–Trinajstić information content (AvgIpc) is 2.77. The Hall–Kier alpha value is -1.03. The zero-order valence-electron chi connectivity index (χ0n) is 10.3. The highest BCUT2D eigenvalue weighted by Gasteiger charge is 2.15. The largest absolute Gasteiger partial charge is 0.336 e. The maximum Gasteiger partial charge on any atom is 0.0946 e. The quantitative estimate of drug-likeness (QED) is 0.934. The van der Waals surface area contributed by atoms with Gasteiger partial charge >= 0.3 is 0 Å². The van der Waals surface area contributed by atoms with Gasteiger partial charge in [-0.1, -0.05) is 35.3 Å². The Morgan fingerprint density at radius 1 is 1.39 bits per heavy atom. The highest BCUT2D eigenvalue weighted by molar-refractivity contribution is 6.42. The van der Waals surface area contributed by atoms with E-state index < -0.39 is 0 Å². The van der Waals surface area contributed by atoms with Crippen LogP contribution >= 0.6 is 23.2 Å². The van der Waals surface area contributed by atoms with Crippen LogP contribution in [0.15, 0.2) is 30.7 Å². The van der Waals surface area contributed by atoms with Crippen molar-refractivity contribution in [3.05, 3.63) is 52.0 Å². The maximum atomic E-state index is 6.21. The molecule has 0 amide bonds. The monoisotopic (exact) mass is 283 g/mol. The van der Waals surface area contributed by atoms with Gasteiger partial charge in [0.05, 0.1) is 28.1 Å². The van der Waals surface area contributed by atoms with Gasteiger partial charge in [-0.15, -0.1) is 0 Å². The van der Waals surface area contributed by atoms with Gasteiger partial charge in [-0.25, -0.2) is 4.98 Å². The molecule has 0 saturated heterocycles. The minimum Gasteiger partial charge on any atom is -0.336 e. The van der Waals surface area contributed by atoms with Crippen molar-refractivity contribution >= 4 is 23.2 Å². The number of imidazole rings is 1. The number of likely N-dealkylation sites (N-methyl/N-ethyl adjacent to an activating group) is 1. The van der Waals surface area contributed by atoms with E-state index in [0.29, 0.717) is 10.0 Å². The van der Waals surface area contributed by atoms with E-state index in [1.54, 1.807) is 12.4 Å². The molecule has 5 heteroatoms. The molecule has 1 unspecified atom stereocenters. The second kappa shape index (κ2) is 5.74. The molecule has 1 atom stereocenters. The molecular formula is C13H15Cl2N3. The molecule has 18 heavy (non-hydrogen) atoms. The van der Waals surface area contributed by atoms with Crippen molar-refractivity contribution in [3.63, 3.8) is 0 Å². The number of nitrogens with one attached hydrogen (secondary N) is 1. The summed E-state index contributed by atoms with van der Waals surface area (Å²) in [5, 5.41) is 4.50. The molecule has 0 saturated carbocycles. The molecule has 2 aromatic rings. The zero-order chi connectivity index (χ0) is 13.1. The molecule has 0 radical (unpaired) electrons. The van der Waals surface area contributed by atoms with E-state index in [1.807, 2.05) is 37.0 Å². The van der Waals surface area contributed by atoms with Crippen molar-refractivity contribution in [3.8, 4) is 0 Å². The highest BCUT2D eigenvalue weighted by atomic mass is 35.5. The van der Waals surface area contributed by atoms with Crippen molar-refractivity contribution in [1.82, 2.24) is 14.9 Å². The topological polar surface area (TPSA) is 29.9 Å². The van der Waals surface area contributed by atoms with Crippen molar-refractivity contribution in [2.24, 2.45) is 7.05 Å². The second-order valence-electron chi connectivity index (χ2n) is 4.19. The summed E-state index contributed by atoms with van der Waals surface area (Å²) in [6.45, 7) is 0. The van der Waals surface area contributed by atoms with Gasteiger partial charge in [-0.3, -0.25) is 0 Å². The van der Waals surface area contributed by atoms with E-state index in [0.717, 1.165) is 17.7 Å². The molecule has 1 heterocycles. The molecule has 1 aromatic carbocycles. The van der Waals surface area contributed by atoms with Crippen LogP contribution in [-0.2, 0) is 13.5 Å². The molecule has 0 spiro atoms. The molecule has 0 bridgehead atoms. The van der Waals surface area contributed by atoms with Gasteiger partial charge < -0.3 is 9.88 Å². The highest BCUT2D eigenvalue weighted by Crippen LogP contribution is 2.28. The van der Waals surface area contributed by atoms with Crippen LogP contribution in [0.4, 0.5) is 0 Å². The van der Waals surface area contributed by atoms with Crippen LogP contribution in [0.1, 0.15) is 17.3 Å². The number of halogens is 2. The van der Waals surface area contributed by atoms with Crippen LogP contribution in [0.3, 0.4) is 0 Å². The van der Waals surface area contributed by atoms with E-state index in [-0.39, 0.29) is 6.04 Å². The van der Waals surface area contributed by atoms with Gasteiger partial charge in [0.1, 0.15) is 0 Å². The summed E-state index contributed by atoms with van der Waals surface area (Å²) >= 11 is 12.2. The lowest BCUT2D eigenvalue weighted by atomic mass is 10.0. The predicted octanol–water partition coefficient (Wildman–Crippen LogP) is 3.23. The average molecular weight is 284 g/mol. The van der Waals surface area contributed by atoms with Crippen LogP contribution in [0.2, 0.25) is 10.0 Å². The number of hydrogen-bond acceptors (Lipinski definition) is 2. The van der Waals surface area contributed by atoms with E-state index in [4.69, 9.17) is 23.2 Å². The summed E-state index contributed by atoms with van der Waals surface area (Å²) < 4.78 is 2.00. The first kappa shape index (κ1) is 13.4. The minimum atomic E-state index is 0.161. The second-order valence-corrected chi connectivity index (χ2v) is 4.97. The molecule has 96 valence electrons. The molecule has 0 aliphatic heterocycles. The number of rotatable bonds is 4. The summed E-state index contributed by atoms with van der Waals surface area (Å²) in [4.78, 5) is 4.14. The molecule has 0 fully saturated rings. The minimum absolute atomic E-state index is 0.161. The first-order valence-corrected chi connectivity index (χ1v) is 6.45. The van der Waals surface area contributed by atoms with Gasteiger partial charge in [0.25, 0.3) is 0 Å². The van der Waals surface area contributed by atoms with Crippen LogP contribution in [0.25, 0.3) is 0 Å². The number of aromatic nitrogens is 2. The zero-order valence-corrected chi connectivity index (χ0v) is 11.8. The standard InChI is InChI=1S/C13H15Cl2N3/c1-16-11(12-7-17-8-18(12)2)6-9-4-3-5-10(14)13(9)15/h3-5,7-8,11,16H,6H2,1-2H3. The van der Waals surface area contributed by atoms with E-state index in [1.165, 1.54) is 0 Å². The van der Waals surface area contributed by atoms with Gasteiger partial charge in [-0.05, 0) is 25.1 Å². The third kappa shape index (κ3) is 2.69. The summed E-state index contributed by atoms with van der Waals surface area (Å²) in [6.07, 6.45) is 4.42.